The van der Waals surface area contributed by atoms with E-state index >= 15 is 0 Å². The number of carbonyl (C=O) groups excluding carboxylic acids is 2. The van der Waals surface area contributed by atoms with Crippen LogP contribution in [-0.4, -0.2) is 49.5 Å². The molecule has 0 atom stereocenters. The van der Waals surface area contributed by atoms with Crippen molar-refractivity contribution in [3.63, 3.8) is 0 Å². The molecule has 3 N–H and O–H groups in total. The Kier molecular flexibility index (Phi) is 6.76. The molecule has 1 fully saturated rings. The lowest BCUT2D eigenvalue weighted by molar-refractivity contribution is 0.0827. The molecule has 30 heavy (non-hydrogen) atoms. The Bertz CT molecular complexity index is 992. The highest BCUT2D eigenvalue weighted by Crippen LogP contribution is 2.26. The van der Waals surface area contributed by atoms with Gasteiger partial charge in [0, 0.05) is 31.4 Å². The summed E-state index contributed by atoms with van der Waals surface area (Å²) in [5.74, 6) is 0.635. The lowest BCUT2D eigenvalue weighted by atomic mass is 9.86. The van der Waals surface area contributed by atoms with Crippen molar-refractivity contribution in [1.82, 2.24) is 19.8 Å². The Morgan fingerprint density at radius 2 is 1.80 bits per heavy atom. The number of H-pyrrole nitrogens is 1. The van der Waals surface area contributed by atoms with Crippen molar-refractivity contribution in [3.8, 4) is 0 Å². The van der Waals surface area contributed by atoms with Crippen LogP contribution in [0.3, 0.4) is 0 Å². The number of rotatable bonds is 6. The summed E-state index contributed by atoms with van der Waals surface area (Å²) in [4.78, 5) is 25.3. The van der Waals surface area contributed by atoms with E-state index in [-0.39, 0.29) is 16.6 Å². The van der Waals surface area contributed by atoms with E-state index in [1.54, 1.807) is 20.2 Å². The maximum absolute atomic E-state index is 12.4. The van der Waals surface area contributed by atoms with Gasteiger partial charge in [-0.2, -0.15) is 5.10 Å². The molecule has 3 rings (SSSR count). The number of urea groups is 1. The van der Waals surface area contributed by atoms with Crippen LogP contribution in [0.2, 0.25) is 0 Å². The van der Waals surface area contributed by atoms with Gasteiger partial charge in [-0.25, -0.2) is 17.9 Å². The van der Waals surface area contributed by atoms with E-state index in [1.165, 1.54) is 61.3 Å². The minimum Gasteiger partial charge on any atom is -0.345 e. The van der Waals surface area contributed by atoms with Gasteiger partial charge in [0.05, 0.1) is 4.90 Å². The molecule has 1 aromatic heterocycles. The van der Waals surface area contributed by atoms with Crippen molar-refractivity contribution < 1.29 is 18.0 Å². The van der Waals surface area contributed by atoms with Crippen molar-refractivity contribution in [2.45, 2.75) is 43.4 Å². The monoisotopic (exact) mass is 433 g/mol. The molecule has 0 bridgehead atoms. The number of hydrogen-bond donors (Lipinski definition) is 3. The summed E-state index contributed by atoms with van der Waals surface area (Å²) in [5.41, 5.74) is 1.27. The molecule has 2 aromatic rings. The first-order chi connectivity index (χ1) is 14.2. The van der Waals surface area contributed by atoms with E-state index in [0.717, 1.165) is 12.1 Å². The molecule has 9 nitrogen and oxygen atoms in total. The quantitative estimate of drug-likeness (QED) is 0.646. The SMILES string of the molecule is CN(C)C(=O)c1ccc(S(=O)(=O)NC(=O)Nc2cc(CC3CCCCC3)[nH]n2)cc1. The van der Waals surface area contributed by atoms with Crippen molar-refractivity contribution in [2.24, 2.45) is 5.92 Å². The molecule has 0 spiro atoms. The second kappa shape index (κ2) is 9.29. The van der Waals surface area contributed by atoms with E-state index in [4.69, 9.17) is 0 Å². The van der Waals surface area contributed by atoms with Gasteiger partial charge in [-0.3, -0.25) is 15.2 Å². The van der Waals surface area contributed by atoms with Gasteiger partial charge in [0.15, 0.2) is 5.82 Å². The first-order valence-electron chi connectivity index (χ1n) is 9.94. The number of aromatic nitrogens is 2. The molecule has 1 heterocycles. The number of nitrogens with one attached hydrogen (secondary N) is 3. The van der Waals surface area contributed by atoms with E-state index in [1.807, 2.05) is 4.72 Å². The smallest absolute Gasteiger partial charge is 0.334 e. The molecule has 0 saturated heterocycles. The second-order valence-electron chi connectivity index (χ2n) is 7.77. The van der Waals surface area contributed by atoms with Gasteiger partial charge in [-0.05, 0) is 36.6 Å². The number of benzene rings is 1. The highest BCUT2D eigenvalue weighted by atomic mass is 32.2. The molecule has 3 amide bonds. The molecule has 1 saturated carbocycles. The van der Waals surface area contributed by atoms with Gasteiger partial charge in [0.25, 0.3) is 15.9 Å². The van der Waals surface area contributed by atoms with E-state index in [2.05, 4.69) is 15.5 Å². The van der Waals surface area contributed by atoms with Crippen LogP contribution in [0.5, 0.6) is 0 Å². The number of anilines is 1. The summed E-state index contributed by atoms with van der Waals surface area (Å²) >= 11 is 0. The zero-order valence-electron chi connectivity index (χ0n) is 17.1. The number of nitrogens with zero attached hydrogens (tertiary/aromatic N) is 2. The highest BCUT2D eigenvalue weighted by molar-refractivity contribution is 7.90. The zero-order valence-corrected chi connectivity index (χ0v) is 18.0. The fourth-order valence-electron chi connectivity index (χ4n) is 3.59. The fraction of sp³-hybridized carbons (Fsp3) is 0.450. The van der Waals surface area contributed by atoms with Crippen LogP contribution in [0, 0.1) is 5.92 Å². The molecular formula is C20H27N5O4S. The molecule has 0 aliphatic heterocycles. The standard InChI is InChI=1S/C20H27N5O4S/c1-25(2)19(26)15-8-10-17(11-9-15)30(28,29)24-20(27)21-18-13-16(22-23-18)12-14-6-4-3-5-7-14/h8-11,13-14H,3-7,12H2,1-2H3,(H3,21,22,23,24,27). The molecule has 1 aliphatic carbocycles. The third-order valence-electron chi connectivity index (χ3n) is 5.15. The fourth-order valence-corrected chi connectivity index (χ4v) is 4.50. The zero-order chi connectivity index (χ0) is 21.7. The van der Waals surface area contributed by atoms with Crippen LogP contribution in [0.15, 0.2) is 35.2 Å². The normalized spacial score (nSPS) is 14.9. The summed E-state index contributed by atoms with van der Waals surface area (Å²) in [6, 6.07) is 6.19. The maximum atomic E-state index is 12.4. The summed E-state index contributed by atoms with van der Waals surface area (Å²) in [7, 11) is -0.872. The van der Waals surface area contributed by atoms with Crippen LogP contribution >= 0.6 is 0 Å². The number of amides is 3. The Balaban J connectivity index is 1.58. The van der Waals surface area contributed by atoms with Crippen LogP contribution in [-0.2, 0) is 16.4 Å². The van der Waals surface area contributed by atoms with Crippen LogP contribution in [0.25, 0.3) is 0 Å². The summed E-state index contributed by atoms with van der Waals surface area (Å²) in [5, 5.41) is 9.38. The van der Waals surface area contributed by atoms with Crippen molar-refractivity contribution >= 4 is 27.8 Å². The van der Waals surface area contributed by atoms with Crippen LogP contribution in [0.1, 0.15) is 48.2 Å². The molecule has 0 unspecified atom stereocenters. The minimum absolute atomic E-state index is 0.118. The summed E-state index contributed by atoms with van der Waals surface area (Å²) in [6.07, 6.45) is 7.03. The average molecular weight is 434 g/mol. The van der Waals surface area contributed by atoms with Crippen molar-refractivity contribution in [2.75, 3.05) is 19.4 Å². The van der Waals surface area contributed by atoms with Gasteiger partial charge in [0.2, 0.25) is 0 Å². The van der Waals surface area contributed by atoms with Gasteiger partial charge >= 0.3 is 6.03 Å². The van der Waals surface area contributed by atoms with Gasteiger partial charge < -0.3 is 4.90 Å². The van der Waals surface area contributed by atoms with Gasteiger partial charge in [-0.1, -0.05) is 32.1 Å². The number of sulfonamides is 1. The molecular weight excluding hydrogens is 406 g/mol. The van der Waals surface area contributed by atoms with Gasteiger partial charge in [-0.15, -0.1) is 0 Å². The Morgan fingerprint density at radius 3 is 2.43 bits per heavy atom. The predicted molar refractivity (Wildman–Crippen MR) is 113 cm³/mol. The van der Waals surface area contributed by atoms with Crippen molar-refractivity contribution in [3.05, 3.63) is 41.6 Å². The summed E-state index contributed by atoms with van der Waals surface area (Å²) < 4.78 is 26.8. The Morgan fingerprint density at radius 1 is 1.13 bits per heavy atom. The molecule has 1 aliphatic rings. The molecule has 0 radical (unpaired) electrons. The second-order valence-corrected chi connectivity index (χ2v) is 9.45. The van der Waals surface area contributed by atoms with E-state index in [9.17, 15) is 18.0 Å². The molecule has 1 aromatic carbocycles. The lowest BCUT2D eigenvalue weighted by Gasteiger charge is -2.20. The summed E-state index contributed by atoms with van der Waals surface area (Å²) in [6.45, 7) is 0. The van der Waals surface area contributed by atoms with E-state index in [0.29, 0.717) is 11.5 Å². The maximum Gasteiger partial charge on any atom is 0.334 e. The largest absolute Gasteiger partial charge is 0.345 e. The lowest BCUT2D eigenvalue weighted by Crippen LogP contribution is -2.34. The Labute approximate surface area is 176 Å². The number of hydrogen-bond acceptors (Lipinski definition) is 5. The molecule has 10 heteroatoms. The minimum atomic E-state index is -4.08. The predicted octanol–water partition coefficient (Wildman–Crippen LogP) is 2.74. The van der Waals surface area contributed by atoms with Gasteiger partial charge in [0.1, 0.15) is 0 Å². The third-order valence-corrected chi connectivity index (χ3v) is 6.50. The van der Waals surface area contributed by atoms with Crippen LogP contribution in [0.4, 0.5) is 10.6 Å². The average Bonchev–Trinajstić information content (AvgIpc) is 3.14. The van der Waals surface area contributed by atoms with Crippen molar-refractivity contribution in [1.29, 1.82) is 0 Å². The first kappa shape index (κ1) is 21.8. The Hall–Kier alpha value is -2.88. The molecule has 162 valence electrons. The third kappa shape index (κ3) is 5.59. The van der Waals surface area contributed by atoms with Crippen LogP contribution < -0.4 is 10.0 Å². The topological polar surface area (TPSA) is 124 Å². The first-order valence-corrected chi connectivity index (χ1v) is 11.4. The number of aromatic amines is 1. The van der Waals surface area contributed by atoms with E-state index < -0.39 is 16.1 Å². The number of carbonyl (C=O) groups is 2. The highest BCUT2D eigenvalue weighted by Gasteiger charge is 2.20.